The van der Waals surface area contributed by atoms with E-state index in [0.29, 0.717) is 5.39 Å². The molecule has 0 unspecified atom stereocenters. The first-order valence-corrected chi connectivity index (χ1v) is 15.6. The zero-order valence-corrected chi connectivity index (χ0v) is 23.2. The van der Waals surface area contributed by atoms with Gasteiger partial charge >= 0.3 is 5.97 Å². The van der Waals surface area contributed by atoms with Crippen molar-refractivity contribution in [2.45, 2.75) is 14.7 Å². The molecule has 6 N–H and O–H groups in total. The van der Waals surface area contributed by atoms with Gasteiger partial charge in [0.25, 0.3) is 30.4 Å². The lowest BCUT2D eigenvalue weighted by atomic mass is 10.1. The maximum atomic E-state index is 12.3. The van der Waals surface area contributed by atoms with Gasteiger partial charge in [0.2, 0.25) is 0 Å². The van der Waals surface area contributed by atoms with Gasteiger partial charge in [-0.1, -0.05) is 36.4 Å². The largest absolute Gasteiger partial charge is 0.505 e. The van der Waals surface area contributed by atoms with E-state index in [-0.39, 0.29) is 28.4 Å². The van der Waals surface area contributed by atoms with E-state index in [4.69, 9.17) is 5.11 Å². The van der Waals surface area contributed by atoms with Crippen molar-refractivity contribution in [1.82, 2.24) is 0 Å². The van der Waals surface area contributed by atoms with Crippen LogP contribution in [0.1, 0.15) is 0 Å². The van der Waals surface area contributed by atoms with E-state index in [1.54, 1.807) is 12.1 Å². The summed E-state index contributed by atoms with van der Waals surface area (Å²) in [5.74, 6) is -2.28. The molecular formula is C24H19N3O12S3. The predicted molar refractivity (Wildman–Crippen MR) is 148 cm³/mol. The van der Waals surface area contributed by atoms with Crippen LogP contribution >= 0.6 is 0 Å². The fraction of sp³-hybridized carbons (Fsp3) is 0.0417. The Labute approximate surface area is 237 Å². The Kier molecular flexibility index (Phi) is 8.05. The molecule has 0 saturated heterocycles. The van der Waals surface area contributed by atoms with Crippen LogP contribution < -0.4 is 5.32 Å². The van der Waals surface area contributed by atoms with E-state index in [9.17, 15) is 48.8 Å². The van der Waals surface area contributed by atoms with Crippen LogP contribution in [0.15, 0.2) is 91.7 Å². The lowest BCUT2D eigenvalue weighted by Crippen LogP contribution is -2.05. The fourth-order valence-corrected chi connectivity index (χ4v) is 6.09. The first kappa shape index (κ1) is 30.5. The molecular weight excluding hydrogens is 618 g/mol. The van der Waals surface area contributed by atoms with Gasteiger partial charge in [0.1, 0.15) is 21.2 Å². The molecule has 0 aliphatic rings. The number of carboxylic acids is 1. The van der Waals surface area contributed by atoms with Gasteiger partial charge in [-0.2, -0.15) is 25.3 Å². The summed E-state index contributed by atoms with van der Waals surface area (Å²) < 4.78 is 102. The number of nitrogens with zero attached hydrogens (tertiary/aromatic N) is 2. The smallest absolute Gasteiger partial charge is 0.328 e. The van der Waals surface area contributed by atoms with Gasteiger partial charge in [-0.05, 0) is 35.0 Å². The maximum Gasteiger partial charge on any atom is 0.328 e. The second-order valence-corrected chi connectivity index (χ2v) is 12.7. The van der Waals surface area contributed by atoms with Gasteiger partial charge in [0, 0.05) is 29.1 Å². The molecule has 0 bridgehead atoms. The second-order valence-electron chi connectivity index (χ2n) is 8.52. The normalized spacial score (nSPS) is 12.9. The number of hydrogen-bond acceptors (Lipinski definition) is 11. The Hall–Kier alpha value is -4.46. The number of hydrogen-bond donors (Lipinski definition) is 6. The summed E-state index contributed by atoms with van der Waals surface area (Å²) in [6.07, 6.45) is 1.88. The zero-order chi connectivity index (χ0) is 31.0. The van der Waals surface area contributed by atoms with E-state index < -0.39 is 68.1 Å². The molecule has 4 aromatic rings. The lowest BCUT2D eigenvalue weighted by molar-refractivity contribution is -0.131. The SMILES string of the molecule is O=C(O)/C=C\CNc1cc(S(=O)(=O)O)cc2cc(S(=O)(=O)O)c(N=Nc3ccc4ccccc4c3S(=O)(=O)O)c(O)c12. The third-order valence-electron chi connectivity index (χ3n) is 5.74. The van der Waals surface area contributed by atoms with Crippen molar-refractivity contribution in [3.63, 3.8) is 0 Å². The average molecular weight is 638 g/mol. The van der Waals surface area contributed by atoms with Crippen LogP contribution in [-0.2, 0) is 35.1 Å². The first-order valence-electron chi connectivity index (χ1n) is 11.3. The standard InChI is InChI=1S/C24H19N3O12S3/c28-20(29)6-3-9-25-18-12-15(40(31,32)33)10-14-11-19(41(34,35)36)22(23(30)21(14)18)27-26-17-8-7-13-4-1-2-5-16(13)24(17)42(37,38)39/h1-8,10-12,25,30H,9H2,(H,28,29)(H,31,32,33)(H,34,35,36)(H,37,38,39)/b6-3-,27-26?. The highest BCUT2D eigenvalue weighted by Gasteiger charge is 2.26. The second kappa shape index (κ2) is 11.1. The Morgan fingerprint density at radius 2 is 1.52 bits per heavy atom. The number of aromatic hydroxyl groups is 1. The van der Waals surface area contributed by atoms with Crippen LogP contribution in [0.4, 0.5) is 17.1 Å². The molecule has 0 saturated carbocycles. The van der Waals surface area contributed by atoms with Crippen LogP contribution in [0.3, 0.4) is 0 Å². The highest BCUT2D eigenvalue weighted by atomic mass is 32.2. The molecule has 0 radical (unpaired) electrons. The Balaban J connectivity index is 2.02. The number of carbonyl (C=O) groups is 1. The van der Waals surface area contributed by atoms with Crippen molar-refractivity contribution in [3.05, 3.63) is 66.7 Å². The molecule has 4 aromatic carbocycles. The van der Waals surface area contributed by atoms with Crippen molar-refractivity contribution < 1.29 is 53.9 Å². The van der Waals surface area contributed by atoms with Crippen LogP contribution in [0, 0.1) is 0 Å². The van der Waals surface area contributed by atoms with Crippen molar-refractivity contribution >= 4 is 74.9 Å². The van der Waals surface area contributed by atoms with Gasteiger partial charge < -0.3 is 15.5 Å². The lowest BCUT2D eigenvalue weighted by Gasteiger charge is -2.15. The minimum atomic E-state index is -5.21. The van der Waals surface area contributed by atoms with Crippen LogP contribution in [-0.4, -0.2) is 61.6 Å². The number of phenolic OH excluding ortho intramolecular Hbond substituents is 1. The van der Waals surface area contributed by atoms with E-state index in [0.717, 1.165) is 36.4 Å². The number of fused-ring (bicyclic) bond motifs is 2. The van der Waals surface area contributed by atoms with Crippen molar-refractivity contribution in [3.8, 4) is 5.75 Å². The van der Waals surface area contributed by atoms with Crippen LogP contribution in [0.25, 0.3) is 21.5 Å². The van der Waals surface area contributed by atoms with Crippen LogP contribution in [0.5, 0.6) is 5.75 Å². The van der Waals surface area contributed by atoms with Crippen LogP contribution in [0.2, 0.25) is 0 Å². The number of azo groups is 1. The number of rotatable bonds is 9. The van der Waals surface area contributed by atoms with Crippen molar-refractivity contribution in [2.24, 2.45) is 10.2 Å². The van der Waals surface area contributed by atoms with Gasteiger partial charge in [-0.3, -0.25) is 13.7 Å². The molecule has 42 heavy (non-hydrogen) atoms. The molecule has 0 aliphatic heterocycles. The Bertz CT molecular complexity index is 2160. The maximum absolute atomic E-state index is 12.3. The fourth-order valence-electron chi connectivity index (χ4n) is 4.06. The summed E-state index contributed by atoms with van der Waals surface area (Å²) in [4.78, 5) is 8.26. The molecule has 0 aromatic heterocycles. The monoisotopic (exact) mass is 637 g/mol. The minimum absolute atomic E-state index is 0.0489. The van der Waals surface area contributed by atoms with Crippen molar-refractivity contribution in [2.75, 3.05) is 11.9 Å². The number of aliphatic carboxylic acids is 1. The number of benzene rings is 4. The zero-order valence-electron chi connectivity index (χ0n) is 20.8. The van der Waals surface area contributed by atoms with Gasteiger partial charge in [0.05, 0.1) is 4.90 Å². The van der Waals surface area contributed by atoms with Gasteiger partial charge in [0.15, 0.2) is 5.75 Å². The Morgan fingerprint density at radius 1 is 0.833 bits per heavy atom. The average Bonchev–Trinajstić information content (AvgIpc) is 2.87. The molecule has 0 heterocycles. The molecule has 0 atom stereocenters. The van der Waals surface area contributed by atoms with E-state index in [1.807, 2.05) is 0 Å². The molecule has 0 fully saturated rings. The highest BCUT2D eigenvalue weighted by Crippen LogP contribution is 2.45. The summed E-state index contributed by atoms with van der Waals surface area (Å²) >= 11 is 0. The molecule has 0 amide bonds. The van der Waals surface area contributed by atoms with E-state index >= 15 is 0 Å². The summed E-state index contributed by atoms with van der Waals surface area (Å²) in [6, 6.07) is 11.0. The molecule has 15 nitrogen and oxygen atoms in total. The number of nitrogens with one attached hydrogen (secondary N) is 1. The van der Waals surface area contributed by atoms with E-state index in [1.165, 1.54) is 18.2 Å². The predicted octanol–water partition coefficient (Wildman–Crippen LogP) is 3.91. The summed E-state index contributed by atoms with van der Waals surface area (Å²) in [5, 5.41) is 29.8. The van der Waals surface area contributed by atoms with Crippen molar-refractivity contribution in [1.29, 1.82) is 0 Å². The quantitative estimate of drug-likeness (QED) is 0.0865. The number of anilines is 1. The number of carboxylic acid groups (broad SMARTS) is 1. The first-order chi connectivity index (χ1) is 19.5. The Morgan fingerprint density at radius 3 is 2.14 bits per heavy atom. The number of phenols is 1. The highest BCUT2D eigenvalue weighted by molar-refractivity contribution is 7.86. The third kappa shape index (κ3) is 6.38. The molecule has 4 rings (SSSR count). The topological polar surface area (TPSA) is 257 Å². The van der Waals surface area contributed by atoms with Gasteiger partial charge in [-0.25, -0.2) is 4.79 Å². The summed E-state index contributed by atoms with van der Waals surface area (Å²) in [7, 11) is -15.0. The minimum Gasteiger partial charge on any atom is -0.505 e. The summed E-state index contributed by atoms with van der Waals surface area (Å²) in [5.41, 5.74) is -1.60. The molecule has 0 spiro atoms. The third-order valence-corrected chi connectivity index (χ3v) is 8.39. The summed E-state index contributed by atoms with van der Waals surface area (Å²) in [6.45, 7) is -0.249. The van der Waals surface area contributed by atoms with E-state index in [2.05, 4.69) is 15.5 Å². The molecule has 0 aliphatic carbocycles. The van der Waals surface area contributed by atoms with Gasteiger partial charge in [-0.15, -0.1) is 10.2 Å². The molecule has 18 heteroatoms. The molecule has 220 valence electrons.